The lowest BCUT2D eigenvalue weighted by Gasteiger charge is -2.19. The Kier molecular flexibility index (Phi) is 5.66. The summed E-state index contributed by atoms with van der Waals surface area (Å²) in [6.45, 7) is 0. The van der Waals surface area contributed by atoms with Gasteiger partial charge in [-0.15, -0.1) is 0 Å². The normalized spacial score (nSPS) is 12.0. The molecule has 6 heteroatoms. The van der Waals surface area contributed by atoms with Crippen molar-refractivity contribution in [3.63, 3.8) is 0 Å². The lowest BCUT2D eigenvalue weighted by Crippen LogP contribution is -2.21. The molecular formula is C21H17F3N2O. The maximum absolute atomic E-state index is 13.6. The van der Waals surface area contributed by atoms with Crippen molar-refractivity contribution in [2.75, 3.05) is 7.05 Å². The Morgan fingerprint density at radius 2 is 1.81 bits per heavy atom. The molecule has 0 spiro atoms. The first-order chi connectivity index (χ1) is 13.0. The Morgan fingerprint density at radius 3 is 2.48 bits per heavy atom. The number of pyridine rings is 1. The molecule has 1 N–H and O–H groups in total. The Hall–Kier alpha value is -2.99. The van der Waals surface area contributed by atoms with Gasteiger partial charge in [-0.3, -0.25) is 9.78 Å². The highest BCUT2D eigenvalue weighted by Gasteiger charge is 2.18. The summed E-state index contributed by atoms with van der Waals surface area (Å²) in [6, 6.07) is 10.8. The van der Waals surface area contributed by atoms with Crippen molar-refractivity contribution in [2.45, 2.75) is 12.5 Å². The zero-order valence-corrected chi connectivity index (χ0v) is 14.5. The number of nitrogens with zero attached hydrogens (tertiary/aromatic N) is 1. The van der Waals surface area contributed by atoms with Crippen LogP contribution in [0.25, 0.3) is 11.1 Å². The Morgan fingerprint density at radius 1 is 1.07 bits per heavy atom. The second kappa shape index (κ2) is 8.14. The number of hydrogen-bond donors (Lipinski definition) is 1. The predicted octanol–water partition coefficient (Wildman–Crippen LogP) is 4.48. The maximum atomic E-state index is 13.6. The van der Waals surface area contributed by atoms with Crippen LogP contribution in [-0.4, -0.2) is 18.3 Å². The predicted molar refractivity (Wildman–Crippen MR) is 96.9 cm³/mol. The van der Waals surface area contributed by atoms with Gasteiger partial charge in [0.1, 0.15) is 17.5 Å². The van der Waals surface area contributed by atoms with Crippen LogP contribution in [0.4, 0.5) is 13.2 Å². The van der Waals surface area contributed by atoms with Gasteiger partial charge in [-0.1, -0.05) is 12.1 Å². The Bertz CT molecular complexity index is 955. The van der Waals surface area contributed by atoms with Gasteiger partial charge in [-0.05, 0) is 54.9 Å². The third kappa shape index (κ3) is 4.23. The van der Waals surface area contributed by atoms with E-state index in [4.69, 9.17) is 0 Å². The monoisotopic (exact) mass is 370 g/mol. The minimum absolute atomic E-state index is 0.0458. The third-order valence-electron chi connectivity index (χ3n) is 4.31. The van der Waals surface area contributed by atoms with E-state index in [-0.39, 0.29) is 11.6 Å². The second-order valence-corrected chi connectivity index (χ2v) is 6.11. The molecule has 3 nitrogen and oxygen atoms in total. The van der Waals surface area contributed by atoms with E-state index in [9.17, 15) is 18.0 Å². The molecule has 0 radical (unpaired) electrons. The summed E-state index contributed by atoms with van der Waals surface area (Å²) in [5.41, 5.74) is 2.41. The SMILES string of the molecule is CNC(Cc1cc(F)cc(F)c1)c1ncccc1-c1ccc(F)c(C=O)c1. The summed E-state index contributed by atoms with van der Waals surface area (Å²) < 4.78 is 40.7. The molecular weight excluding hydrogens is 353 g/mol. The quantitative estimate of drug-likeness (QED) is 0.651. The number of nitrogens with one attached hydrogen (secondary N) is 1. The van der Waals surface area contributed by atoms with Crippen molar-refractivity contribution in [3.05, 3.63) is 89.0 Å². The minimum atomic E-state index is -0.643. The van der Waals surface area contributed by atoms with Gasteiger partial charge in [0, 0.05) is 17.8 Å². The molecule has 3 aromatic rings. The smallest absolute Gasteiger partial charge is 0.153 e. The molecule has 1 unspecified atom stereocenters. The largest absolute Gasteiger partial charge is 0.311 e. The van der Waals surface area contributed by atoms with E-state index in [2.05, 4.69) is 10.3 Å². The minimum Gasteiger partial charge on any atom is -0.311 e. The molecule has 1 atom stereocenters. The number of likely N-dealkylation sites (N-methyl/N-ethyl adjacent to an activating group) is 1. The van der Waals surface area contributed by atoms with E-state index < -0.39 is 17.5 Å². The van der Waals surface area contributed by atoms with E-state index in [1.807, 2.05) is 0 Å². The summed E-state index contributed by atoms with van der Waals surface area (Å²) >= 11 is 0. The first-order valence-electron chi connectivity index (χ1n) is 8.34. The third-order valence-corrected chi connectivity index (χ3v) is 4.31. The van der Waals surface area contributed by atoms with Crippen LogP contribution in [0.3, 0.4) is 0 Å². The van der Waals surface area contributed by atoms with Crippen LogP contribution in [0.2, 0.25) is 0 Å². The molecule has 0 saturated carbocycles. The van der Waals surface area contributed by atoms with Crippen LogP contribution < -0.4 is 5.32 Å². The van der Waals surface area contributed by atoms with Crippen molar-refractivity contribution < 1.29 is 18.0 Å². The van der Waals surface area contributed by atoms with E-state index in [0.29, 0.717) is 35.1 Å². The average Bonchev–Trinajstić information content (AvgIpc) is 2.66. The molecule has 138 valence electrons. The highest BCUT2D eigenvalue weighted by Crippen LogP contribution is 2.29. The Labute approximate surface area is 154 Å². The average molecular weight is 370 g/mol. The van der Waals surface area contributed by atoms with Crippen LogP contribution in [0, 0.1) is 17.5 Å². The van der Waals surface area contributed by atoms with Crippen molar-refractivity contribution in [1.82, 2.24) is 10.3 Å². The molecule has 0 aliphatic rings. The molecule has 1 aromatic heterocycles. The standard InChI is InChI=1S/C21H17F3N2O/c1-25-20(9-13-7-16(22)11-17(23)8-13)21-18(3-2-6-26-21)14-4-5-19(24)15(10-14)12-27/h2-8,10-12,20,25H,9H2,1H3. The molecule has 0 fully saturated rings. The van der Waals surface area contributed by atoms with Gasteiger partial charge >= 0.3 is 0 Å². The van der Waals surface area contributed by atoms with Crippen LogP contribution in [-0.2, 0) is 6.42 Å². The number of halogens is 3. The zero-order chi connectivity index (χ0) is 19.4. The fourth-order valence-electron chi connectivity index (χ4n) is 3.04. The zero-order valence-electron chi connectivity index (χ0n) is 14.5. The van der Waals surface area contributed by atoms with Crippen molar-refractivity contribution in [2.24, 2.45) is 0 Å². The van der Waals surface area contributed by atoms with Crippen molar-refractivity contribution in [3.8, 4) is 11.1 Å². The highest BCUT2D eigenvalue weighted by atomic mass is 19.1. The highest BCUT2D eigenvalue weighted by molar-refractivity contribution is 5.79. The first-order valence-corrected chi connectivity index (χ1v) is 8.34. The summed E-state index contributed by atoms with van der Waals surface area (Å²) in [7, 11) is 1.72. The molecule has 0 bridgehead atoms. The van der Waals surface area contributed by atoms with Gasteiger partial charge in [0.05, 0.1) is 17.3 Å². The molecule has 27 heavy (non-hydrogen) atoms. The number of carbonyl (C=O) groups excluding carboxylic acids is 1. The van der Waals surface area contributed by atoms with Gasteiger partial charge in [0.15, 0.2) is 6.29 Å². The maximum Gasteiger partial charge on any atom is 0.153 e. The Balaban J connectivity index is 2.01. The van der Waals surface area contributed by atoms with E-state index in [1.54, 1.807) is 31.4 Å². The fraction of sp³-hybridized carbons (Fsp3) is 0.143. The number of hydrogen-bond acceptors (Lipinski definition) is 3. The van der Waals surface area contributed by atoms with Crippen molar-refractivity contribution >= 4 is 6.29 Å². The molecule has 0 aliphatic heterocycles. The van der Waals surface area contributed by atoms with Gasteiger partial charge < -0.3 is 5.32 Å². The van der Waals surface area contributed by atoms with E-state index in [1.165, 1.54) is 24.3 Å². The van der Waals surface area contributed by atoms with Crippen LogP contribution >= 0.6 is 0 Å². The molecule has 0 aliphatic carbocycles. The van der Waals surface area contributed by atoms with Gasteiger partial charge in [0.2, 0.25) is 0 Å². The summed E-state index contributed by atoms with van der Waals surface area (Å²) in [5.74, 6) is -1.88. The van der Waals surface area contributed by atoms with Gasteiger partial charge in [0.25, 0.3) is 0 Å². The van der Waals surface area contributed by atoms with Gasteiger partial charge in [-0.2, -0.15) is 0 Å². The molecule has 3 rings (SSSR count). The number of carbonyl (C=O) groups is 1. The summed E-state index contributed by atoms with van der Waals surface area (Å²) in [6.07, 6.45) is 2.37. The number of benzene rings is 2. The molecule has 0 saturated heterocycles. The lowest BCUT2D eigenvalue weighted by molar-refractivity contribution is 0.112. The summed E-state index contributed by atoms with van der Waals surface area (Å²) in [4.78, 5) is 15.5. The molecule has 0 amide bonds. The first kappa shape index (κ1) is 18.8. The number of aromatic nitrogens is 1. The lowest BCUT2D eigenvalue weighted by atomic mass is 9.95. The summed E-state index contributed by atoms with van der Waals surface area (Å²) in [5, 5.41) is 3.10. The molecule has 2 aromatic carbocycles. The topological polar surface area (TPSA) is 42.0 Å². The fourth-order valence-corrected chi connectivity index (χ4v) is 3.04. The van der Waals surface area contributed by atoms with E-state index in [0.717, 1.165) is 6.07 Å². The van der Waals surface area contributed by atoms with Gasteiger partial charge in [-0.25, -0.2) is 13.2 Å². The van der Waals surface area contributed by atoms with Crippen LogP contribution in [0.5, 0.6) is 0 Å². The van der Waals surface area contributed by atoms with Crippen molar-refractivity contribution in [1.29, 1.82) is 0 Å². The number of rotatable bonds is 6. The van der Waals surface area contributed by atoms with E-state index >= 15 is 0 Å². The van der Waals surface area contributed by atoms with Crippen LogP contribution in [0.15, 0.2) is 54.7 Å². The van der Waals surface area contributed by atoms with Crippen LogP contribution in [0.1, 0.15) is 27.7 Å². The second-order valence-electron chi connectivity index (χ2n) is 6.11. The molecule has 1 heterocycles. The number of aldehydes is 1.